The van der Waals surface area contributed by atoms with Crippen molar-refractivity contribution >= 4 is 23.9 Å². The van der Waals surface area contributed by atoms with Crippen LogP contribution in [0.1, 0.15) is 25.7 Å². The number of methoxy groups -OCH3 is 1. The van der Waals surface area contributed by atoms with Crippen molar-refractivity contribution in [1.29, 1.82) is 0 Å². The number of nitrogens with zero attached hydrogens (tertiary/aromatic N) is 1. The summed E-state index contributed by atoms with van der Waals surface area (Å²) in [6.07, 6.45) is 0.707. The molecule has 0 aliphatic carbocycles. The number of carbonyl (C=O) groups is 4. The van der Waals surface area contributed by atoms with Crippen LogP contribution in [0, 0.1) is 5.92 Å². The number of imide groups is 1. The van der Waals surface area contributed by atoms with Gasteiger partial charge in [-0.2, -0.15) is 0 Å². The minimum absolute atomic E-state index is 0.199. The number of aliphatic carboxylic acids is 1. The van der Waals surface area contributed by atoms with Gasteiger partial charge in [0.05, 0.1) is 19.4 Å². The summed E-state index contributed by atoms with van der Waals surface area (Å²) >= 11 is 0. The second-order valence-electron chi connectivity index (χ2n) is 4.56. The number of amides is 3. The maximum Gasteiger partial charge on any atom is 0.324 e. The molecule has 0 spiro atoms. The van der Waals surface area contributed by atoms with E-state index in [1.54, 1.807) is 0 Å². The molecule has 0 saturated carbocycles. The first-order valence-electron chi connectivity index (χ1n) is 6.32. The highest BCUT2D eigenvalue weighted by Gasteiger charge is 2.29. The molecule has 1 aliphatic rings. The SMILES string of the molecule is COC(=O)C1CCCN(C(=O)NC(=O)CCC(=O)O)C1. The molecule has 3 amide bonds. The van der Waals surface area contributed by atoms with Crippen LogP contribution in [0.25, 0.3) is 0 Å². The van der Waals surface area contributed by atoms with Crippen molar-refractivity contribution in [2.24, 2.45) is 5.92 Å². The van der Waals surface area contributed by atoms with Crippen LogP contribution in [0.3, 0.4) is 0 Å². The molecular formula is C12H18N2O6. The predicted molar refractivity (Wildman–Crippen MR) is 66.7 cm³/mol. The number of likely N-dealkylation sites (tertiary alicyclic amines) is 1. The van der Waals surface area contributed by atoms with E-state index in [-0.39, 0.29) is 31.3 Å². The van der Waals surface area contributed by atoms with Gasteiger partial charge in [-0.05, 0) is 12.8 Å². The highest BCUT2D eigenvalue weighted by molar-refractivity contribution is 5.95. The second kappa shape index (κ2) is 7.46. The maximum absolute atomic E-state index is 11.8. The lowest BCUT2D eigenvalue weighted by molar-refractivity contribution is -0.146. The summed E-state index contributed by atoms with van der Waals surface area (Å²) in [5.74, 6) is -2.50. The van der Waals surface area contributed by atoms with E-state index in [1.165, 1.54) is 12.0 Å². The van der Waals surface area contributed by atoms with Gasteiger partial charge < -0.3 is 14.7 Å². The lowest BCUT2D eigenvalue weighted by atomic mass is 9.98. The summed E-state index contributed by atoms with van der Waals surface area (Å²) in [4.78, 5) is 46.3. The number of rotatable bonds is 4. The minimum Gasteiger partial charge on any atom is -0.481 e. The highest BCUT2D eigenvalue weighted by atomic mass is 16.5. The number of nitrogens with one attached hydrogen (secondary N) is 1. The average Bonchev–Trinajstić information content (AvgIpc) is 2.44. The Kier molecular flexibility index (Phi) is 5.95. The van der Waals surface area contributed by atoms with Crippen LogP contribution in [-0.2, 0) is 19.1 Å². The fourth-order valence-corrected chi connectivity index (χ4v) is 2.00. The Hall–Kier alpha value is -2.12. The third kappa shape index (κ3) is 4.87. The molecule has 0 aromatic heterocycles. The third-order valence-corrected chi connectivity index (χ3v) is 3.06. The zero-order chi connectivity index (χ0) is 15.1. The second-order valence-corrected chi connectivity index (χ2v) is 4.56. The van der Waals surface area contributed by atoms with Gasteiger partial charge in [-0.25, -0.2) is 4.79 Å². The fourth-order valence-electron chi connectivity index (χ4n) is 2.00. The highest BCUT2D eigenvalue weighted by Crippen LogP contribution is 2.17. The topological polar surface area (TPSA) is 113 Å². The van der Waals surface area contributed by atoms with E-state index >= 15 is 0 Å². The summed E-state index contributed by atoms with van der Waals surface area (Å²) in [7, 11) is 1.29. The largest absolute Gasteiger partial charge is 0.481 e. The van der Waals surface area contributed by atoms with Crippen LogP contribution in [0.5, 0.6) is 0 Å². The summed E-state index contributed by atoms with van der Waals surface area (Å²) in [6, 6.07) is -0.603. The van der Waals surface area contributed by atoms with Gasteiger partial charge >= 0.3 is 18.0 Å². The summed E-state index contributed by atoms with van der Waals surface area (Å²) < 4.78 is 4.63. The number of esters is 1. The molecule has 1 rings (SSSR count). The molecule has 2 N–H and O–H groups in total. The summed E-state index contributed by atoms with van der Waals surface area (Å²) in [5.41, 5.74) is 0. The van der Waals surface area contributed by atoms with Gasteiger partial charge in [0.1, 0.15) is 0 Å². The first-order valence-corrected chi connectivity index (χ1v) is 6.32. The molecule has 0 aromatic carbocycles. The van der Waals surface area contributed by atoms with E-state index in [2.05, 4.69) is 10.1 Å². The van der Waals surface area contributed by atoms with Crippen molar-refractivity contribution in [2.75, 3.05) is 20.2 Å². The van der Waals surface area contributed by atoms with Gasteiger partial charge in [0.25, 0.3) is 0 Å². The van der Waals surface area contributed by atoms with E-state index in [0.29, 0.717) is 19.4 Å². The number of carboxylic acid groups (broad SMARTS) is 1. The number of piperidine rings is 1. The van der Waals surface area contributed by atoms with Crippen molar-refractivity contribution in [3.05, 3.63) is 0 Å². The van der Waals surface area contributed by atoms with E-state index in [1.807, 2.05) is 0 Å². The van der Waals surface area contributed by atoms with Crippen molar-refractivity contribution in [2.45, 2.75) is 25.7 Å². The normalized spacial score (nSPS) is 18.2. The average molecular weight is 286 g/mol. The van der Waals surface area contributed by atoms with Crippen LogP contribution in [-0.4, -0.2) is 54.1 Å². The lowest BCUT2D eigenvalue weighted by Crippen LogP contribution is -2.48. The maximum atomic E-state index is 11.8. The van der Waals surface area contributed by atoms with Crippen molar-refractivity contribution in [1.82, 2.24) is 10.2 Å². The van der Waals surface area contributed by atoms with E-state index in [9.17, 15) is 19.2 Å². The van der Waals surface area contributed by atoms with Gasteiger partial charge in [0, 0.05) is 19.5 Å². The fraction of sp³-hybridized carbons (Fsp3) is 0.667. The molecule has 20 heavy (non-hydrogen) atoms. The number of urea groups is 1. The van der Waals surface area contributed by atoms with Gasteiger partial charge in [-0.3, -0.25) is 19.7 Å². The van der Waals surface area contributed by atoms with Crippen molar-refractivity contribution < 1.29 is 29.0 Å². The molecular weight excluding hydrogens is 268 g/mol. The lowest BCUT2D eigenvalue weighted by Gasteiger charge is -2.31. The molecule has 1 atom stereocenters. The molecule has 1 unspecified atom stereocenters. The summed E-state index contributed by atoms with van der Waals surface area (Å²) in [6.45, 7) is 0.649. The Morgan fingerprint density at radius 3 is 2.60 bits per heavy atom. The molecule has 0 radical (unpaired) electrons. The van der Waals surface area contributed by atoms with Gasteiger partial charge in [0.2, 0.25) is 5.91 Å². The minimum atomic E-state index is -1.10. The molecule has 8 nitrogen and oxygen atoms in total. The first kappa shape index (κ1) is 15.9. The first-order chi connectivity index (χ1) is 9.43. The number of carboxylic acids is 1. The van der Waals surface area contributed by atoms with Crippen molar-refractivity contribution in [3.8, 4) is 0 Å². The van der Waals surface area contributed by atoms with E-state index in [4.69, 9.17) is 5.11 Å². The molecule has 0 aromatic rings. The van der Waals surface area contributed by atoms with Crippen LogP contribution < -0.4 is 5.32 Å². The standard InChI is InChI=1S/C12H18N2O6/c1-20-11(18)8-3-2-6-14(7-8)12(19)13-9(15)4-5-10(16)17/h8H,2-7H2,1H3,(H,16,17)(H,13,15,19). The van der Waals surface area contributed by atoms with Gasteiger partial charge in [-0.1, -0.05) is 0 Å². The monoisotopic (exact) mass is 286 g/mol. The van der Waals surface area contributed by atoms with E-state index in [0.717, 1.165) is 0 Å². The molecule has 1 heterocycles. The van der Waals surface area contributed by atoms with Gasteiger partial charge in [-0.15, -0.1) is 0 Å². The predicted octanol–water partition coefficient (Wildman–Crippen LogP) is -0.0276. The Bertz CT molecular complexity index is 409. The van der Waals surface area contributed by atoms with E-state index < -0.39 is 17.9 Å². The molecule has 1 saturated heterocycles. The Balaban J connectivity index is 2.44. The zero-order valence-electron chi connectivity index (χ0n) is 11.3. The Morgan fingerprint density at radius 1 is 1.30 bits per heavy atom. The molecule has 8 heteroatoms. The van der Waals surface area contributed by atoms with Crippen LogP contribution in [0.2, 0.25) is 0 Å². The molecule has 1 aliphatic heterocycles. The summed E-state index contributed by atoms with van der Waals surface area (Å²) in [5, 5.41) is 10.6. The van der Waals surface area contributed by atoms with Crippen LogP contribution in [0.4, 0.5) is 4.79 Å². The quantitative estimate of drug-likeness (QED) is 0.702. The molecule has 0 bridgehead atoms. The van der Waals surface area contributed by atoms with Crippen LogP contribution >= 0.6 is 0 Å². The number of hydrogen-bond acceptors (Lipinski definition) is 5. The third-order valence-electron chi connectivity index (χ3n) is 3.06. The number of hydrogen-bond donors (Lipinski definition) is 2. The molecule has 1 fully saturated rings. The van der Waals surface area contributed by atoms with Gasteiger partial charge in [0.15, 0.2) is 0 Å². The zero-order valence-corrected chi connectivity index (χ0v) is 11.3. The molecule has 112 valence electrons. The number of carbonyl (C=O) groups excluding carboxylic acids is 3. The Labute approximate surface area is 116 Å². The van der Waals surface area contributed by atoms with Crippen LogP contribution in [0.15, 0.2) is 0 Å². The smallest absolute Gasteiger partial charge is 0.324 e. The number of ether oxygens (including phenoxy) is 1. The Morgan fingerprint density at radius 2 is 2.00 bits per heavy atom. The van der Waals surface area contributed by atoms with Crippen molar-refractivity contribution in [3.63, 3.8) is 0 Å².